The van der Waals surface area contributed by atoms with Gasteiger partial charge in [0.2, 0.25) is 11.8 Å². The summed E-state index contributed by atoms with van der Waals surface area (Å²) in [4.78, 5) is 8.26. The van der Waals surface area contributed by atoms with Crippen LogP contribution < -0.4 is 9.47 Å². The highest BCUT2D eigenvalue weighted by molar-refractivity contribution is 9.12. The van der Waals surface area contributed by atoms with Crippen LogP contribution in [0.15, 0.2) is 19.8 Å². The van der Waals surface area contributed by atoms with Crippen LogP contribution in [0.5, 0.6) is 11.8 Å². The Kier molecular flexibility index (Phi) is 4.77. The second-order valence-electron chi connectivity index (χ2n) is 3.49. The number of aliphatic hydroxyl groups excluding tert-OH is 1. The van der Waals surface area contributed by atoms with E-state index in [9.17, 15) is 5.11 Å². The van der Waals surface area contributed by atoms with Gasteiger partial charge in [0.05, 0.1) is 28.0 Å². The molecular formula is C11H10Br2N2O3S. The lowest BCUT2D eigenvalue weighted by Gasteiger charge is -2.13. The van der Waals surface area contributed by atoms with Crippen molar-refractivity contribution in [3.8, 4) is 11.8 Å². The maximum atomic E-state index is 10.4. The molecule has 8 heteroatoms. The average Bonchev–Trinajstić information content (AvgIpc) is 2.76. The average molecular weight is 410 g/mol. The van der Waals surface area contributed by atoms with Crippen LogP contribution in [0.25, 0.3) is 0 Å². The molecule has 2 aromatic heterocycles. The fourth-order valence-corrected chi connectivity index (χ4v) is 4.37. The van der Waals surface area contributed by atoms with Crippen LogP contribution in [0.2, 0.25) is 0 Å². The van der Waals surface area contributed by atoms with E-state index in [1.165, 1.54) is 31.8 Å². The molecule has 0 aromatic carbocycles. The Morgan fingerprint density at radius 1 is 1.32 bits per heavy atom. The Labute approximate surface area is 130 Å². The molecule has 1 N–H and O–H groups in total. The van der Waals surface area contributed by atoms with Crippen LogP contribution in [0.4, 0.5) is 0 Å². The molecule has 0 aliphatic rings. The topological polar surface area (TPSA) is 64.5 Å². The second-order valence-corrected chi connectivity index (χ2v) is 7.24. The van der Waals surface area contributed by atoms with Gasteiger partial charge >= 0.3 is 0 Å². The zero-order valence-electron chi connectivity index (χ0n) is 10.1. The Hall–Kier alpha value is -0.700. The molecule has 0 aliphatic heterocycles. The molecule has 0 spiro atoms. The standard InChI is InChI=1S/C11H10Br2N2O3S/c1-17-7-4-14-8(11(15-7)18-2)9(16)5-3-6(12)19-10(5)13/h3-4,9,16H,1-2H3. The molecule has 2 aromatic rings. The van der Waals surface area contributed by atoms with Gasteiger partial charge < -0.3 is 14.6 Å². The molecule has 19 heavy (non-hydrogen) atoms. The number of rotatable bonds is 4. The largest absolute Gasteiger partial charge is 0.480 e. The van der Waals surface area contributed by atoms with Gasteiger partial charge in [-0.1, -0.05) is 0 Å². The van der Waals surface area contributed by atoms with Crippen molar-refractivity contribution in [1.82, 2.24) is 9.97 Å². The second kappa shape index (κ2) is 6.17. The van der Waals surface area contributed by atoms with Gasteiger partial charge in [-0.25, -0.2) is 4.98 Å². The summed E-state index contributed by atoms with van der Waals surface area (Å²) in [6, 6.07) is 1.82. The Bertz CT molecular complexity index is 591. The summed E-state index contributed by atoms with van der Waals surface area (Å²) in [6.45, 7) is 0. The third kappa shape index (κ3) is 3.07. The van der Waals surface area contributed by atoms with Crippen LogP contribution >= 0.6 is 43.2 Å². The maximum absolute atomic E-state index is 10.4. The number of aromatic nitrogens is 2. The Morgan fingerprint density at radius 3 is 2.58 bits per heavy atom. The first kappa shape index (κ1) is 14.7. The molecule has 2 heterocycles. The predicted octanol–water partition coefficient (Wildman–Crippen LogP) is 3.16. The summed E-state index contributed by atoms with van der Waals surface area (Å²) >= 11 is 8.25. The first-order valence-corrected chi connectivity index (χ1v) is 7.54. The van der Waals surface area contributed by atoms with Gasteiger partial charge in [-0.15, -0.1) is 11.3 Å². The van der Waals surface area contributed by atoms with Crippen molar-refractivity contribution in [2.75, 3.05) is 14.2 Å². The number of ether oxygens (including phenoxy) is 2. The fraction of sp³-hybridized carbons (Fsp3) is 0.273. The van der Waals surface area contributed by atoms with E-state index < -0.39 is 6.10 Å². The molecule has 2 rings (SSSR count). The number of hydrogen-bond donors (Lipinski definition) is 1. The van der Waals surface area contributed by atoms with Crippen molar-refractivity contribution in [1.29, 1.82) is 0 Å². The molecule has 0 fully saturated rings. The van der Waals surface area contributed by atoms with E-state index in [4.69, 9.17) is 9.47 Å². The summed E-state index contributed by atoms with van der Waals surface area (Å²) in [5.74, 6) is 0.569. The molecule has 0 saturated carbocycles. The zero-order chi connectivity index (χ0) is 14.0. The number of thiophene rings is 1. The Balaban J connectivity index is 2.43. The molecule has 0 amide bonds. The molecule has 0 saturated heterocycles. The maximum Gasteiger partial charge on any atom is 0.241 e. The lowest BCUT2D eigenvalue weighted by atomic mass is 10.1. The highest BCUT2D eigenvalue weighted by Crippen LogP contribution is 2.39. The highest BCUT2D eigenvalue weighted by Gasteiger charge is 2.23. The highest BCUT2D eigenvalue weighted by atomic mass is 79.9. The van der Waals surface area contributed by atoms with E-state index in [0.717, 1.165) is 7.57 Å². The molecule has 1 unspecified atom stereocenters. The van der Waals surface area contributed by atoms with Gasteiger partial charge in [0, 0.05) is 5.56 Å². The third-order valence-corrected chi connectivity index (χ3v) is 4.77. The van der Waals surface area contributed by atoms with Gasteiger partial charge in [0.25, 0.3) is 0 Å². The number of halogens is 2. The van der Waals surface area contributed by atoms with E-state index in [1.807, 2.05) is 6.07 Å². The summed E-state index contributed by atoms with van der Waals surface area (Å²) in [6.07, 6.45) is 0.515. The molecule has 5 nitrogen and oxygen atoms in total. The van der Waals surface area contributed by atoms with Crippen molar-refractivity contribution in [3.63, 3.8) is 0 Å². The van der Waals surface area contributed by atoms with Crippen LogP contribution in [0.1, 0.15) is 17.4 Å². The number of aliphatic hydroxyl groups is 1. The lowest BCUT2D eigenvalue weighted by molar-refractivity contribution is 0.206. The van der Waals surface area contributed by atoms with Gasteiger partial charge in [-0.3, -0.25) is 0 Å². The quantitative estimate of drug-likeness (QED) is 0.840. The van der Waals surface area contributed by atoms with E-state index in [1.54, 1.807) is 0 Å². The summed E-state index contributed by atoms with van der Waals surface area (Å²) in [5.41, 5.74) is 1.05. The van der Waals surface area contributed by atoms with Gasteiger partial charge in [-0.2, -0.15) is 4.98 Å². The van der Waals surface area contributed by atoms with Crippen LogP contribution in [0.3, 0.4) is 0 Å². The minimum absolute atomic E-state index is 0.237. The number of hydrogen-bond acceptors (Lipinski definition) is 6. The van der Waals surface area contributed by atoms with Gasteiger partial charge in [0.1, 0.15) is 11.8 Å². The number of nitrogens with zero attached hydrogens (tertiary/aromatic N) is 2. The molecular weight excluding hydrogens is 400 g/mol. The minimum atomic E-state index is -0.926. The monoisotopic (exact) mass is 408 g/mol. The fourth-order valence-electron chi connectivity index (χ4n) is 1.49. The molecule has 102 valence electrons. The molecule has 0 radical (unpaired) electrons. The van der Waals surface area contributed by atoms with Crippen molar-refractivity contribution >= 4 is 43.2 Å². The van der Waals surface area contributed by atoms with Crippen molar-refractivity contribution in [2.24, 2.45) is 0 Å². The summed E-state index contributed by atoms with van der Waals surface area (Å²) in [5, 5.41) is 10.4. The Morgan fingerprint density at radius 2 is 2.05 bits per heavy atom. The third-order valence-electron chi connectivity index (χ3n) is 2.38. The van der Waals surface area contributed by atoms with Crippen LogP contribution in [0, 0.1) is 0 Å². The SMILES string of the molecule is COc1cnc(C(O)c2cc(Br)sc2Br)c(OC)n1. The zero-order valence-corrected chi connectivity index (χ0v) is 14.0. The van der Waals surface area contributed by atoms with Gasteiger partial charge in [-0.05, 0) is 37.9 Å². The van der Waals surface area contributed by atoms with Crippen LogP contribution in [-0.2, 0) is 0 Å². The molecule has 0 bridgehead atoms. The van der Waals surface area contributed by atoms with Crippen molar-refractivity contribution in [3.05, 3.63) is 31.1 Å². The van der Waals surface area contributed by atoms with Crippen molar-refractivity contribution < 1.29 is 14.6 Å². The summed E-state index contributed by atoms with van der Waals surface area (Å²) < 4.78 is 11.9. The first-order valence-electron chi connectivity index (χ1n) is 5.14. The van der Waals surface area contributed by atoms with Gasteiger partial charge in [0.15, 0.2) is 0 Å². The lowest BCUT2D eigenvalue weighted by Crippen LogP contribution is -2.07. The van der Waals surface area contributed by atoms with E-state index in [0.29, 0.717) is 17.1 Å². The first-order chi connectivity index (χ1) is 9.06. The normalized spacial score (nSPS) is 12.3. The van der Waals surface area contributed by atoms with E-state index in [2.05, 4.69) is 41.8 Å². The minimum Gasteiger partial charge on any atom is -0.480 e. The smallest absolute Gasteiger partial charge is 0.241 e. The van der Waals surface area contributed by atoms with Crippen molar-refractivity contribution in [2.45, 2.75) is 6.10 Å². The molecule has 0 aliphatic carbocycles. The van der Waals surface area contributed by atoms with E-state index >= 15 is 0 Å². The predicted molar refractivity (Wildman–Crippen MR) is 78.9 cm³/mol. The van der Waals surface area contributed by atoms with Crippen LogP contribution in [-0.4, -0.2) is 29.3 Å². The summed E-state index contributed by atoms with van der Waals surface area (Å²) in [7, 11) is 2.96. The van der Waals surface area contributed by atoms with E-state index in [-0.39, 0.29) is 5.88 Å². The molecule has 1 atom stereocenters. The number of methoxy groups -OCH3 is 2.